The number of carbonyl (C=O) groups is 4. The third-order valence-electron chi connectivity index (χ3n) is 11.3. The molecule has 0 heterocycles. The molecule has 0 aromatic heterocycles. The zero-order valence-corrected chi connectivity index (χ0v) is 30.5. The van der Waals surface area contributed by atoms with Crippen LogP contribution in [-0.2, 0) is 28.7 Å². The van der Waals surface area contributed by atoms with E-state index >= 15 is 0 Å². The van der Waals surface area contributed by atoms with Crippen molar-refractivity contribution in [1.29, 1.82) is 0 Å². The number of carbonyl (C=O) groups excluding carboxylic acids is 3. The number of benzene rings is 1. The average molecular weight is 699 g/mol. The molecule has 0 bridgehead atoms. The molecule has 1 aromatic rings. The fraction of sp³-hybridized carbons (Fsp3) is 0.756. The molecule has 0 amide bonds. The van der Waals surface area contributed by atoms with Crippen LogP contribution in [0.2, 0.25) is 0 Å². The lowest BCUT2D eigenvalue weighted by Crippen LogP contribution is -2.30. The van der Waals surface area contributed by atoms with E-state index in [4.69, 9.17) is 24.1 Å². The van der Waals surface area contributed by atoms with Gasteiger partial charge in [-0.15, -0.1) is 0 Å². The van der Waals surface area contributed by atoms with Crippen molar-refractivity contribution < 1.29 is 43.2 Å². The van der Waals surface area contributed by atoms with Crippen molar-refractivity contribution in [2.24, 2.45) is 29.6 Å². The van der Waals surface area contributed by atoms with Gasteiger partial charge >= 0.3 is 23.9 Å². The number of esters is 3. The van der Waals surface area contributed by atoms with Crippen LogP contribution in [0.4, 0.5) is 0 Å². The highest BCUT2D eigenvalue weighted by atomic mass is 16.5. The minimum absolute atomic E-state index is 0.0319. The number of hydrogen-bond donors (Lipinski definition) is 1. The van der Waals surface area contributed by atoms with Crippen molar-refractivity contribution >= 4 is 23.9 Å². The van der Waals surface area contributed by atoms with Crippen molar-refractivity contribution in [3.8, 4) is 11.5 Å². The van der Waals surface area contributed by atoms with Gasteiger partial charge in [-0.05, 0) is 125 Å². The Morgan fingerprint density at radius 2 is 1.14 bits per heavy atom. The summed E-state index contributed by atoms with van der Waals surface area (Å²) in [5.74, 6) is 1.49. The molecule has 3 saturated carbocycles. The lowest BCUT2D eigenvalue weighted by molar-refractivity contribution is -0.147. The SMILES string of the molecule is CCCCCC1CCC(C2CCC(C(=O)Oc3ccc(OC(=O)C4CCC(OCCCCCCOC(=O)CCC(=O)O)CC4)cc3)CC2)CC1. The van der Waals surface area contributed by atoms with Crippen LogP contribution in [-0.4, -0.2) is 48.3 Å². The molecule has 50 heavy (non-hydrogen) atoms. The molecular weight excluding hydrogens is 636 g/mol. The maximum absolute atomic E-state index is 13.0. The third kappa shape index (κ3) is 14.4. The predicted molar refractivity (Wildman–Crippen MR) is 191 cm³/mol. The lowest BCUT2D eigenvalue weighted by atomic mass is 9.68. The van der Waals surface area contributed by atoms with E-state index in [0.29, 0.717) is 24.7 Å². The van der Waals surface area contributed by atoms with Crippen LogP contribution in [0.5, 0.6) is 11.5 Å². The van der Waals surface area contributed by atoms with E-state index < -0.39 is 11.9 Å². The Kier molecular flexibility index (Phi) is 17.6. The Morgan fingerprint density at radius 3 is 1.68 bits per heavy atom. The maximum atomic E-state index is 13.0. The summed E-state index contributed by atoms with van der Waals surface area (Å²) in [7, 11) is 0. The number of carboxylic acid groups (broad SMARTS) is 1. The summed E-state index contributed by atoms with van der Waals surface area (Å²) in [6, 6.07) is 6.83. The van der Waals surface area contributed by atoms with E-state index in [1.807, 2.05) is 0 Å². The summed E-state index contributed by atoms with van der Waals surface area (Å²) < 4.78 is 22.5. The monoisotopic (exact) mass is 698 g/mol. The van der Waals surface area contributed by atoms with Gasteiger partial charge in [0.1, 0.15) is 11.5 Å². The fourth-order valence-electron chi connectivity index (χ4n) is 8.17. The summed E-state index contributed by atoms with van der Waals surface area (Å²) in [6.45, 7) is 3.26. The second-order valence-electron chi connectivity index (χ2n) is 15.1. The third-order valence-corrected chi connectivity index (χ3v) is 11.3. The second-order valence-corrected chi connectivity index (χ2v) is 15.1. The first-order chi connectivity index (χ1) is 24.3. The summed E-state index contributed by atoms with van der Waals surface area (Å²) in [5, 5.41) is 8.59. The molecule has 3 fully saturated rings. The Hall–Kier alpha value is -2.94. The Bertz CT molecular complexity index is 1160. The molecule has 9 nitrogen and oxygen atoms in total. The number of unbranched alkanes of at least 4 members (excludes halogenated alkanes) is 5. The number of rotatable bonds is 20. The van der Waals surface area contributed by atoms with Gasteiger partial charge in [0.25, 0.3) is 0 Å². The van der Waals surface area contributed by atoms with E-state index in [1.54, 1.807) is 24.3 Å². The van der Waals surface area contributed by atoms with Crippen molar-refractivity contribution in [2.45, 2.75) is 154 Å². The fourth-order valence-corrected chi connectivity index (χ4v) is 8.17. The zero-order chi connectivity index (χ0) is 35.6. The normalized spacial score (nSPS) is 25.4. The molecular formula is C41H62O9. The molecule has 0 unspecified atom stereocenters. The first-order valence-corrected chi connectivity index (χ1v) is 19.8. The minimum atomic E-state index is -1.00. The Balaban J connectivity index is 1.03. The van der Waals surface area contributed by atoms with E-state index in [1.165, 1.54) is 51.4 Å². The molecule has 0 radical (unpaired) electrons. The van der Waals surface area contributed by atoms with Crippen LogP contribution in [0.1, 0.15) is 148 Å². The number of carboxylic acids is 1. The molecule has 3 aliphatic rings. The summed E-state index contributed by atoms with van der Waals surface area (Å²) in [6.07, 6.45) is 21.6. The number of hydrogen-bond acceptors (Lipinski definition) is 8. The standard InChI is InChI=1S/C41H62O9/c1-2-3-6-9-30-10-12-31(13-11-30)32-14-16-33(17-15-32)40(45)49-36-22-24-37(25-23-36)50-41(46)34-18-20-35(21-19-34)47-28-7-4-5-8-29-48-39(44)27-26-38(42)43/h22-25,30-35H,2-21,26-29H2,1H3,(H,42,43). The molecule has 0 atom stereocenters. The molecule has 4 rings (SSSR count). The first kappa shape index (κ1) is 39.8. The Morgan fingerprint density at radius 1 is 0.620 bits per heavy atom. The van der Waals surface area contributed by atoms with Crippen LogP contribution >= 0.6 is 0 Å². The largest absolute Gasteiger partial charge is 0.481 e. The van der Waals surface area contributed by atoms with E-state index in [9.17, 15) is 19.2 Å². The van der Waals surface area contributed by atoms with Gasteiger partial charge in [-0.25, -0.2) is 0 Å². The average Bonchev–Trinajstić information content (AvgIpc) is 3.13. The summed E-state index contributed by atoms with van der Waals surface area (Å²) >= 11 is 0. The van der Waals surface area contributed by atoms with Crippen molar-refractivity contribution in [1.82, 2.24) is 0 Å². The summed E-state index contributed by atoms with van der Waals surface area (Å²) in [5.41, 5.74) is 0. The molecule has 1 N–H and O–H groups in total. The van der Waals surface area contributed by atoms with E-state index in [2.05, 4.69) is 6.92 Å². The van der Waals surface area contributed by atoms with Gasteiger partial charge in [-0.1, -0.05) is 51.9 Å². The van der Waals surface area contributed by atoms with Gasteiger partial charge in [-0.2, -0.15) is 0 Å². The van der Waals surface area contributed by atoms with Crippen LogP contribution in [0.3, 0.4) is 0 Å². The molecule has 0 spiro atoms. The van der Waals surface area contributed by atoms with Gasteiger partial charge < -0.3 is 24.1 Å². The summed E-state index contributed by atoms with van der Waals surface area (Å²) in [4.78, 5) is 47.7. The van der Waals surface area contributed by atoms with Gasteiger partial charge in [0.2, 0.25) is 0 Å². The predicted octanol–water partition coefficient (Wildman–Crippen LogP) is 9.23. The molecule has 1 aromatic carbocycles. The zero-order valence-electron chi connectivity index (χ0n) is 30.5. The minimum Gasteiger partial charge on any atom is -0.481 e. The van der Waals surface area contributed by atoms with Crippen molar-refractivity contribution in [3.63, 3.8) is 0 Å². The number of aliphatic carboxylic acids is 1. The van der Waals surface area contributed by atoms with Crippen LogP contribution in [0, 0.1) is 29.6 Å². The molecule has 0 saturated heterocycles. The van der Waals surface area contributed by atoms with Crippen LogP contribution < -0.4 is 9.47 Å². The highest BCUT2D eigenvalue weighted by Gasteiger charge is 2.34. The van der Waals surface area contributed by atoms with Gasteiger partial charge in [0.05, 0.1) is 37.4 Å². The van der Waals surface area contributed by atoms with Crippen LogP contribution in [0.15, 0.2) is 24.3 Å². The van der Waals surface area contributed by atoms with Crippen molar-refractivity contribution in [3.05, 3.63) is 24.3 Å². The lowest BCUT2D eigenvalue weighted by Gasteiger charge is -2.37. The maximum Gasteiger partial charge on any atom is 0.314 e. The van der Waals surface area contributed by atoms with Crippen molar-refractivity contribution in [2.75, 3.05) is 13.2 Å². The second kappa shape index (κ2) is 22.1. The van der Waals surface area contributed by atoms with Gasteiger partial charge in [0.15, 0.2) is 0 Å². The van der Waals surface area contributed by atoms with E-state index in [0.717, 1.165) is 94.8 Å². The van der Waals surface area contributed by atoms with Gasteiger partial charge in [-0.3, -0.25) is 19.2 Å². The highest BCUT2D eigenvalue weighted by Crippen LogP contribution is 2.42. The molecule has 3 aliphatic carbocycles. The molecule has 280 valence electrons. The highest BCUT2D eigenvalue weighted by molar-refractivity contribution is 5.77. The van der Waals surface area contributed by atoms with Gasteiger partial charge in [0, 0.05) is 6.61 Å². The topological polar surface area (TPSA) is 125 Å². The molecule has 0 aliphatic heterocycles. The number of ether oxygens (including phenoxy) is 4. The smallest absolute Gasteiger partial charge is 0.314 e. The Labute approximate surface area is 299 Å². The molecule has 9 heteroatoms. The van der Waals surface area contributed by atoms with E-state index in [-0.39, 0.29) is 42.7 Å². The van der Waals surface area contributed by atoms with Crippen LogP contribution in [0.25, 0.3) is 0 Å². The quantitative estimate of drug-likeness (QED) is 0.0806. The first-order valence-electron chi connectivity index (χ1n) is 19.8.